The summed E-state index contributed by atoms with van der Waals surface area (Å²) < 4.78 is 64.4. The number of hydrogen-bond donors (Lipinski definition) is 0. The Morgan fingerprint density at radius 2 is 1.41 bits per heavy atom. The monoisotopic (exact) mass is 800 g/mol. The van der Waals surface area contributed by atoms with E-state index in [0.29, 0.717) is 10.3 Å². The second-order valence-corrected chi connectivity index (χ2v) is 14.9. The molecule has 1 aromatic heterocycles. The maximum absolute atomic E-state index is 15.7. The largest absolute Gasteiger partial charge is 0.493 e. The average Bonchev–Trinajstić information content (AvgIpc) is 3.87. The van der Waals surface area contributed by atoms with E-state index in [9.17, 15) is 28.8 Å². The number of hydrogen-bond acceptors (Lipinski definition) is 13. The lowest BCUT2D eigenvalue weighted by Crippen LogP contribution is -2.33. The van der Waals surface area contributed by atoms with Crippen molar-refractivity contribution < 1.29 is 66.0 Å². The molecule has 14 nitrogen and oxygen atoms in total. The Bertz CT molecular complexity index is 2050. The number of amides is 3. The van der Waals surface area contributed by atoms with Gasteiger partial charge in [0.1, 0.15) is 12.2 Å². The molecule has 0 saturated carbocycles. The van der Waals surface area contributed by atoms with Gasteiger partial charge in [0.25, 0.3) is 11.8 Å². The van der Waals surface area contributed by atoms with E-state index >= 15 is 8.78 Å². The molecule has 0 aliphatic carbocycles. The molecule has 0 spiro atoms. The molecule has 17 heteroatoms. The first-order valence-corrected chi connectivity index (χ1v) is 18.6. The Kier molecular flexibility index (Phi) is 13.3. The van der Waals surface area contributed by atoms with Gasteiger partial charge in [0.05, 0.1) is 51.7 Å². The molecule has 2 aromatic carbocycles. The molecule has 2 aliphatic rings. The highest BCUT2D eigenvalue weighted by molar-refractivity contribution is 7.20. The Labute approximate surface area is 325 Å². The Balaban J connectivity index is 1.12. The SMILES string of the molecule is COc1cc2c(c(F)c1OCCCOc1c(OC)cc3sc(C(=O)CCC(=O)OCCN4C(=O)C=CC4=O)cc3c1F)CN(C(=O)CCC(=O)OC(C)(C)C)C2. The van der Waals surface area contributed by atoms with E-state index in [1.54, 1.807) is 26.8 Å². The van der Waals surface area contributed by atoms with E-state index in [2.05, 4.69) is 0 Å². The van der Waals surface area contributed by atoms with Crippen LogP contribution in [0.15, 0.2) is 30.4 Å². The summed E-state index contributed by atoms with van der Waals surface area (Å²) in [6.07, 6.45) is 1.79. The molecule has 0 fully saturated rings. The van der Waals surface area contributed by atoms with Gasteiger partial charge in [-0.15, -0.1) is 11.3 Å². The molecule has 300 valence electrons. The zero-order valence-corrected chi connectivity index (χ0v) is 32.4. The Morgan fingerprint density at radius 1 is 0.786 bits per heavy atom. The number of halogens is 2. The van der Waals surface area contributed by atoms with Crippen molar-refractivity contribution >= 4 is 56.9 Å². The minimum absolute atomic E-state index is 0.00685. The predicted octanol–water partition coefficient (Wildman–Crippen LogP) is 5.44. The van der Waals surface area contributed by atoms with Gasteiger partial charge in [-0.25, -0.2) is 8.78 Å². The lowest BCUT2D eigenvalue weighted by Gasteiger charge is -2.20. The van der Waals surface area contributed by atoms with E-state index in [4.69, 9.17) is 28.4 Å². The van der Waals surface area contributed by atoms with E-state index in [1.165, 1.54) is 31.3 Å². The molecule has 0 unspecified atom stereocenters. The number of fused-ring (bicyclic) bond motifs is 2. The fourth-order valence-corrected chi connectivity index (χ4v) is 6.98. The predicted molar refractivity (Wildman–Crippen MR) is 197 cm³/mol. The van der Waals surface area contributed by atoms with Crippen LogP contribution in [0.25, 0.3) is 10.1 Å². The van der Waals surface area contributed by atoms with Gasteiger partial charge in [-0.1, -0.05) is 0 Å². The smallest absolute Gasteiger partial charge is 0.306 e. The molecule has 2 aliphatic heterocycles. The summed E-state index contributed by atoms with van der Waals surface area (Å²) in [6, 6.07) is 4.51. The van der Waals surface area contributed by atoms with Crippen LogP contribution in [-0.4, -0.2) is 91.4 Å². The van der Waals surface area contributed by atoms with Crippen LogP contribution < -0.4 is 18.9 Å². The number of esters is 2. The summed E-state index contributed by atoms with van der Waals surface area (Å²) in [4.78, 5) is 75.7. The molecule has 3 aromatic rings. The van der Waals surface area contributed by atoms with Crippen LogP contribution >= 0.6 is 11.3 Å². The first-order valence-electron chi connectivity index (χ1n) is 17.8. The van der Waals surface area contributed by atoms with Gasteiger partial charge in [-0.2, -0.15) is 0 Å². The maximum atomic E-state index is 15.7. The summed E-state index contributed by atoms with van der Waals surface area (Å²) in [5.41, 5.74) is 0.161. The summed E-state index contributed by atoms with van der Waals surface area (Å²) in [7, 11) is 2.70. The maximum Gasteiger partial charge on any atom is 0.306 e. The first kappa shape index (κ1) is 41.6. The van der Waals surface area contributed by atoms with Gasteiger partial charge >= 0.3 is 11.9 Å². The number of imide groups is 1. The quantitative estimate of drug-likeness (QED) is 0.0694. The highest BCUT2D eigenvalue weighted by Crippen LogP contribution is 2.41. The summed E-state index contributed by atoms with van der Waals surface area (Å²) in [5.74, 6) is -4.47. The number of rotatable bonds is 18. The topological polar surface area (TPSA) is 164 Å². The van der Waals surface area contributed by atoms with E-state index in [1.807, 2.05) is 0 Å². The molecule has 0 radical (unpaired) electrons. The van der Waals surface area contributed by atoms with Crippen molar-refractivity contribution in [2.75, 3.05) is 40.6 Å². The molecular weight excluding hydrogens is 758 g/mol. The van der Waals surface area contributed by atoms with Crippen LogP contribution in [0.2, 0.25) is 0 Å². The summed E-state index contributed by atoms with van der Waals surface area (Å²) in [6.45, 7) is 4.94. The van der Waals surface area contributed by atoms with E-state index in [0.717, 1.165) is 28.4 Å². The fourth-order valence-electron chi connectivity index (χ4n) is 5.93. The average molecular weight is 801 g/mol. The number of methoxy groups -OCH3 is 2. The molecule has 0 N–H and O–H groups in total. The molecule has 0 bridgehead atoms. The molecule has 0 saturated heterocycles. The van der Waals surface area contributed by atoms with Gasteiger partial charge in [0.15, 0.2) is 40.4 Å². The summed E-state index contributed by atoms with van der Waals surface area (Å²) >= 11 is 1.02. The van der Waals surface area contributed by atoms with Crippen molar-refractivity contribution in [1.29, 1.82) is 0 Å². The van der Waals surface area contributed by atoms with Crippen molar-refractivity contribution in [2.45, 2.75) is 71.6 Å². The molecule has 3 heterocycles. The minimum atomic E-state index is -0.757. The number of ether oxygens (including phenoxy) is 6. The van der Waals surface area contributed by atoms with Crippen molar-refractivity contribution in [1.82, 2.24) is 9.80 Å². The third-order valence-corrected chi connectivity index (χ3v) is 9.74. The van der Waals surface area contributed by atoms with Gasteiger partial charge in [0, 0.05) is 66.2 Å². The zero-order valence-electron chi connectivity index (χ0n) is 31.6. The first-order chi connectivity index (χ1) is 26.6. The van der Waals surface area contributed by atoms with Crippen LogP contribution in [0.4, 0.5) is 8.78 Å². The van der Waals surface area contributed by atoms with Gasteiger partial charge in [-0.05, 0) is 38.5 Å². The fraction of sp³-hybridized carbons (Fsp3) is 0.436. The van der Waals surface area contributed by atoms with Gasteiger partial charge in [-0.3, -0.25) is 33.7 Å². The zero-order chi connectivity index (χ0) is 40.7. The van der Waals surface area contributed by atoms with Gasteiger partial charge < -0.3 is 33.3 Å². The van der Waals surface area contributed by atoms with Crippen molar-refractivity contribution in [3.8, 4) is 23.0 Å². The van der Waals surface area contributed by atoms with Crippen LogP contribution in [-0.2, 0) is 46.5 Å². The highest BCUT2D eigenvalue weighted by atomic mass is 32.1. The lowest BCUT2D eigenvalue weighted by atomic mass is 10.1. The van der Waals surface area contributed by atoms with Crippen LogP contribution in [0.1, 0.15) is 73.7 Å². The number of nitrogens with zero attached hydrogens (tertiary/aromatic N) is 2. The molecule has 0 atom stereocenters. The molecule has 56 heavy (non-hydrogen) atoms. The van der Waals surface area contributed by atoms with E-state index < -0.39 is 46.8 Å². The van der Waals surface area contributed by atoms with E-state index in [-0.39, 0.29) is 116 Å². The number of thiophene rings is 1. The third-order valence-electron chi connectivity index (χ3n) is 8.62. The van der Waals surface area contributed by atoms with Crippen LogP contribution in [0.5, 0.6) is 23.0 Å². The Morgan fingerprint density at radius 3 is 2.05 bits per heavy atom. The third kappa shape index (κ3) is 9.99. The summed E-state index contributed by atoms with van der Waals surface area (Å²) in [5, 5.41) is 0.115. The second-order valence-electron chi connectivity index (χ2n) is 13.8. The number of carbonyl (C=O) groups is 6. The van der Waals surface area contributed by atoms with Crippen LogP contribution in [0.3, 0.4) is 0 Å². The van der Waals surface area contributed by atoms with Crippen LogP contribution in [0, 0.1) is 11.6 Å². The minimum Gasteiger partial charge on any atom is -0.493 e. The standard InChI is InChI=1S/C39H42F2N2O12S/c1-39(2,3)55-34(49)12-10-30(45)42-20-22-17-26(50-4)37(36(41)24(22)21-42)53-14-6-15-54-38-27(51-5)19-28-23(35(38)40)18-29(56-28)25(44)7-11-33(48)52-16-13-43-31(46)8-9-32(43)47/h8-9,17-19H,6-7,10-16,20-21H2,1-5H3. The second kappa shape index (κ2) is 17.9. The van der Waals surface area contributed by atoms with Crippen molar-refractivity contribution in [2.24, 2.45) is 0 Å². The molecule has 3 amide bonds. The highest BCUT2D eigenvalue weighted by Gasteiger charge is 2.31. The number of ketones is 1. The number of benzene rings is 2. The lowest BCUT2D eigenvalue weighted by molar-refractivity contribution is -0.156. The Hall–Kier alpha value is -5.58. The van der Waals surface area contributed by atoms with Crippen molar-refractivity contribution in [3.63, 3.8) is 0 Å². The number of carbonyl (C=O) groups excluding carboxylic acids is 6. The molecular formula is C39H42F2N2O12S. The van der Waals surface area contributed by atoms with Gasteiger partial charge in [0.2, 0.25) is 5.91 Å². The van der Waals surface area contributed by atoms with Crippen molar-refractivity contribution in [3.05, 3.63) is 58.0 Å². The number of Topliss-reactive ketones (excluding diaryl/α,β-unsaturated/α-hetero) is 1. The normalized spacial score (nSPS) is 13.6. The molecule has 5 rings (SSSR count).